The largest absolute Gasteiger partial charge is 0.347 e. The Labute approximate surface area is 115 Å². The molecule has 2 rings (SSSR count). The Bertz CT molecular complexity index is 455. The van der Waals surface area contributed by atoms with Crippen molar-refractivity contribution in [1.82, 2.24) is 5.32 Å². The molecule has 0 aliphatic heterocycles. The summed E-state index contributed by atoms with van der Waals surface area (Å²) < 4.78 is 13.8. The lowest BCUT2D eigenvalue weighted by Crippen LogP contribution is -2.47. The number of carbonyl (C=O) groups is 1. The molecule has 1 N–H and O–H groups in total. The number of benzene rings is 1. The molecule has 4 heteroatoms. The van der Waals surface area contributed by atoms with Crippen molar-refractivity contribution in [2.24, 2.45) is 0 Å². The fourth-order valence-electron chi connectivity index (χ4n) is 2.47. The molecule has 1 aromatic carbocycles. The van der Waals surface area contributed by atoms with Gasteiger partial charge < -0.3 is 5.32 Å². The molecule has 1 aliphatic carbocycles. The van der Waals surface area contributed by atoms with Gasteiger partial charge in [0.25, 0.3) is 5.91 Å². The van der Waals surface area contributed by atoms with Crippen LogP contribution in [-0.4, -0.2) is 11.4 Å². The first-order chi connectivity index (χ1) is 8.50. The molecule has 0 atom stereocenters. The van der Waals surface area contributed by atoms with E-state index < -0.39 is 5.82 Å². The minimum absolute atomic E-state index is 0.152. The molecule has 0 aromatic heterocycles. The molecule has 18 heavy (non-hydrogen) atoms. The second-order valence-corrected chi connectivity index (χ2v) is 6.05. The molecule has 1 saturated carbocycles. The summed E-state index contributed by atoms with van der Waals surface area (Å²) in [6.45, 7) is 2.07. The zero-order valence-corrected chi connectivity index (χ0v) is 12.0. The lowest BCUT2D eigenvalue weighted by molar-refractivity contribution is 0.0881. The van der Waals surface area contributed by atoms with Crippen molar-refractivity contribution >= 4 is 21.8 Å². The molecule has 1 aliphatic rings. The highest BCUT2D eigenvalue weighted by atomic mass is 79.9. The van der Waals surface area contributed by atoms with E-state index in [9.17, 15) is 9.18 Å². The Hall–Kier alpha value is -0.900. The monoisotopic (exact) mass is 313 g/mol. The Balaban J connectivity index is 2.14. The SMILES string of the molecule is CC1(NC(=O)c2cc(F)ccc2Br)CCCCC1. The average molecular weight is 314 g/mol. The van der Waals surface area contributed by atoms with Gasteiger partial charge in [-0.25, -0.2) is 4.39 Å². The minimum Gasteiger partial charge on any atom is -0.347 e. The number of rotatable bonds is 2. The fourth-order valence-corrected chi connectivity index (χ4v) is 2.90. The van der Waals surface area contributed by atoms with Crippen LogP contribution in [0.3, 0.4) is 0 Å². The lowest BCUT2D eigenvalue weighted by atomic mass is 9.83. The van der Waals surface area contributed by atoms with Gasteiger partial charge in [0, 0.05) is 10.0 Å². The summed E-state index contributed by atoms with van der Waals surface area (Å²) in [5, 5.41) is 3.04. The number of halogens is 2. The highest BCUT2D eigenvalue weighted by Crippen LogP contribution is 2.28. The van der Waals surface area contributed by atoms with Crippen LogP contribution in [0.25, 0.3) is 0 Å². The maximum absolute atomic E-state index is 13.2. The summed E-state index contributed by atoms with van der Waals surface area (Å²) in [7, 11) is 0. The topological polar surface area (TPSA) is 29.1 Å². The third-order valence-corrected chi connectivity index (χ3v) is 4.24. The molecule has 98 valence electrons. The zero-order valence-electron chi connectivity index (χ0n) is 10.4. The van der Waals surface area contributed by atoms with E-state index in [1.54, 1.807) is 6.07 Å². The summed E-state index contributed by atoms with van der Waals surface area (Å²) in [4.78, 5) is 12.2. The van der Waals surface area contributed by atoms with Crippen molar-refractivity contribution < 1.29 is 9.18 Å². The predicted molar refractivity (Wildman–Crippen MR) is 73.1 cm³/mol. The quantitative estimate of drug-likeness (QED) is 0.877. The van der Waals surface area contributed by atoms with E-state index in [4.69, 9.17) is 0 Å². The minimum atomic E-state index is -0.392. The van der Waals surface area contributed by atoms with E-state index in [1.165, 1.54) is 18.6 Å². The standard InChI is InChI=1S/C14H17BrFNO/c1-14(7-3-2-4-8-14)17-13(18)11-9-10(16)5-6-12(11)15/h5-6,9H,2-4,7-8H2,1H3,(H,17,18). The van der Waals surface area contributed by atoms with Gasteiger partial charge in [-0.2, -0.15) is 0 Å². The van der Waals surface area contributed by atoms with Crippen LogP contribution in [0.5, 0.6) is 0 Å². The summed E-state index contributed by atoms with van der Waals surface area (Å²) >= 11 is 3.29. The average Bonchev–Trinajstić information content (AvgIpc) is 2.32. The van der Waals surface area contributed by atoms with Crippen molar-refractivity contribution in [3.05, 3.63) is 34.1 Å². The van der Waals surface area contributed by atoms with E-state index in [0.29, 0.717) is 10.0 Å². The summed E-state index contributed by atoms with van der Waals surface area (Å²) in [5.41, 5.74) is 0.211. The molecule has 0 heterocycles. The number of carbonyl (C=O) groups excluding carboxylic acids is 1. The molecule has 0 bridgehead atoms. The first-order valence-corrected chi connectivity index (χ1v) is 7.07. The summed E-state index contributed by atoms with van der Waals surface area (Å²) in [6.07, 6.45) is 5.49. The van der Waals surface area contributed by atoms with Crippen LogP contribution in [0.1, 0.15) is 49.4 Å². The highest BCUT2D eigenvalue weighted by Gasteiger charge is 2.29. The number of hydrogen-bond donors (Lipinski definition) is 1. The molecular formula is C14H17BrFNO. The first-order valence-electron chi connectivity index (χ1n) is 6.28. The van der Waals surface area contributed by atoms with Crippen molar-refractivity contribution in [3.63, 3.8) is 0 Å². The third-order valence-electron chi connectivity index (χ3n) is 3.55. The number of nitrogens with one attached hydrogen (secondary N) is 1. The Morgan fingerprint density at radius 1 is 1.33 bits per heavy atom. The smallest absolute Gasteiger partial charge is 0.252 e. The second kappa shape index (κ2) is 5.39. The van der Waals surface area contributed by atoms with Crippen LogP contribution < -0.4 is 5.32 Å². The van der Waals surface area contributed by atoms with Crippen molar-refractivity contribution in [1.29, 1.82) is 0 Å². The van der Waals surface area contributed by atoms with E-state index in [0.717, 1.165) is 25.7 Å². The van der Waals surface area contributed by atoms with Gasteiger partial charge in [-0.3, -0.25) is 4.79 Å². The van der Waals surface area contributed by atoms with Crippen LogP contribution in [0.15, 0.2) is 22.7 Å². The van der Waals surface area contributed by atoms with E-state index in [-0.39, 0.29) is 11.4 Å². The number of hydrogen-bond acceptors (Lipinski definition) is 1. The van der Waals surface area contributed by atoms with E-state index in [1.807, 2.05) is 0 Å². The Kier molecular flexibility index (Phi) is 4.05. The van der Waals surface area contributed by atoms with Gasteiger partial charge in [-0.15, -0.1) is 0 Å². The summed E-state index contributed by atoms with van der Waals surface area (Å²) in [5.74, 6) is -0.595. The van der Waals surface area contributed by atoms with Gasteiger partial charge in [-0.1, -0.05) is 19.3 Å². The molecule has 0 saturated heterocycles. The second-order valence-electron chi connectivity index (χ2n) is 5.20. The predicted octanol–water partition coefficient (Wildman–Crippen LogP) is 4.04. The molecule has 0 unspecified atom stereocenters. The maximum atomic E-state index is 13.2. The summed E-state index contributed by atoms with van der Waals surface area (Å²) in [6, 6.07) is 4.17. The van der Waals surface area contributed by atoms with Crippen LogP contribution in [-0.2, 0) is 0 Å². The van der Waals surface area contributed by atoms with E-state index >= 15 is 0 Å². The first kappa shape index (κ1) is 13.5. The van der Waals surface area contributed by atoms with E-state index in [2.05, 4.69) is 28.2 Å². The highest BCUT2D eigenvalue weighted by molar-refractivity contribution is 9.10. The number of amides is 1. The van der Waals surface area contributed by atoms with Gasteiger partial charge in [-0.05, 0) is 53.9 Å². The van der Waals surface area contributed by atoms with Gasteiger partial charge in [0.15, 0.2) is 0 Å². The van der Waals surface area contributed by atoms with Crippen LogP contribution in [0.4, 0.5) is 4.39 Å². The van der Waals surface area contributed by atoms with Gasteiger partial charge in [0.05, 0.1) is 5.56 Å². The molecule has 2 nitrogen and oxygen atoms in total. The van der Waals surface area contributed by atoms with Crippen LogP contribution in [0.2, 0.25) is 0 Å². The zero-order chi connectivity index (χ0) is 13.2. The maximum Gasteiger partial charge on any atom is 0.252 e. The fraction of sp³-hybridized carbons (Fsp3) is 0.500. The van der Waals surface area contributed by atoms with Crippen molar-refractivity contribution in [3.8, 4) is 0 Å². The Morgan fingerprint density at radius 3 is 2.67 bits per heavy atom. The Morgan fingerprint density at radius 2 is 2.00 bits per heavy atom. The molecular weight excluding hydrogens is 297 g/mol. The lowest BCUT2D eigenvalue weighted by Gasteiger charge is -2.34. The van der Waals surface area contributed by atoms with Crippen LogP contribution >= 0.6 is 15.9 Å². The van der Waals surface area contributed by atoms with Gasteiger partial charge in [0.1, 0.15) is 5.82 Å². The van der Waals surface area contributed by atoms with Crippen LogP contribution in [0, 0.1) is 5.82 Å². The molecule has 1 amide bonds. The molecule has 0 radical (unpaired) electrons. The molecule has 0 spiro atoms. The van der Waals surface area contributed by atoms with Gasteiger partial charge >= 0.3 is 0 Å². The van der Waals surface area contributed by atoms with Crippen molar-refractivity contribution in [2.75, 3.05) is 0 Å². The molecule has 1 aromatic rings. The van der Waals surface area contributed by atoms with Crippen molar-refractivity contribution in [2.45, 2.75) is 44.6 Å². The normalized spacial score (nSPS) is 18.4. The molecule has 1 fully saturated rings. The third kappa shape index (κ3) is 3.10. The van der Waals surface area contributed by atoms with Gasteiger partial charge in [0.2, 0.25) is 0 Å².